The van der Waals surface area contributed by atoms with E-state index in [1.54, 1.807) is 6.92 Å². The second kappa shape index (κ2) is 5.44. The average molecular weight is 297 g/mol. The van der Waals surface area contributed by atoms with E-state index in [9.17, 15) is 8.78 Å². The van der Waals surface area contributed by atoms with Crippen LogP contribution in [0.4, 0.5) is 13.9 Å². The average Bonchev–Trinajstić information content (AvgIpc) is 2.76. The van der Waals surface area contributed by atoms with E-state index >= 15 is 0 Å². The number of nitrogens with zero attached hydrogens (tertiary/aromatic N) is 2. The van der Waals surface area contributed by atoms with Crippen LogP contribution in [0.25, 0.3) is 0 Å². The standard InChI is InChI=1S/C14H17F2N3S/c1-8(10-6-5-9(15)7-11(10)16)17-13-19-18-12(20-13)14(2,3)4/h5-8H,1-4H3,(H,17,19). The molecule has 3 nitrogen and oxygen atoms in total. The van der Waals surface area contributed by atoms with Gasteiger partial charge in [-0.05, 0) is 13.0 Å². The van der Waals surface area contributed by atoms with Gasteiger partial charge < -0.3 is 5.32 Å². The Bertz CT molecular complexity index is 605. The van der Waals surface area contributed by atoms with Crippen LogP contribution in [0.15, 0.2) is 18.2 Å². The Morgan fingerprint density at radius 2 is 1.90 bits per heavy atom. The molecule has 0 aliphatic rings. The van der Waals surface area contributed by atoms with Gasteiger partial charge in [0.25, 0.3) is 0 Å². The van der Waals surface area contributed by atoms with Gasteiger partial charge in [0.2, 0.25) is 5.13 Å². The molecule has 20 heavy (non-hydrogen) atoms. The molecule has 1 atom stereocenters. The lowest BCUT2D eigenvalue weighted by Gasteiger charge is -2.14. The van der Waals surface area contributed by atoms with Gasteiger partial charge in [-0.3, -0.25) is 0 Å². The first-order valence-corrected chi connectivity index (χ1v) is 7.14. The minimum atomic E-state index is -0.579. The molecule has 0 radical (unpaired) electrons. The number of anilines is 1. The van der Waals surface area contributed by atoms with Crippen molar-refractivity contribution in [2.75, 3.05) is 5.32 Å². The molecule has 0 spiro atoms. The molecule has 0 aliphatic heterocycles. The van der Waals surface area contributed by atoms with E-state index in [1.807, 2.05) is 0 Å². The normalized spacial score (nSPS) is 13.3. The Labute approximate surface area is 121 Å². The van der Waals surface area contributed by atoms with Crippen molar-refractivity contribution >= 4 is 16.5 Å². The number of aromatic nitrogens is 2. The fourth-order valence-corrected chi connectivity index (χ4v) is 2.59. The number of hydrogen-bond acceptors (Lipinski definition) is 4. The zero-order valence-electron chi connectivity index (χ0n) is 11.9. The SMILES string of the molecule is CC(Nc1nnc(C(C)(C)C)s1)c1ccc(F)cc1F. The summed E-state index contributed by atoms with van der Waals surface area (Å²) >= 11 is 1.44. The molecule has 0 aliphatic carbocycles. The molecular weight excluding hydrogens is 280 g/mol. The van der Waals surface area contributed by atoms with Crippen molar-refractivity contribution < 1.29 is 8.78 Å². The van der Waals surface area contributed by atoms with Gasteiger partial charge in [-0.1, -0.05) is 38.2 Å². The van der Waals surface area contributed by atoms with E-state index in [0.29, 0.717) is 10.7 Å². The van der Waals surface area contributed by atoms with Crippen molar-refractivity contribution in [2.24, 2.45) is 0 Å². The van der Waals surface area contributed by atoms with Crippen molar-refractivity contribution in [1.82, 2.24) is 10.2 Å². The highest BCUT2D eigenvalue weighted by Gasteiger charge is 2.20. The van der Waals surface area contributed by atoms with Crippen LogP contribution in [0.1, 0.15) is 44.3 Å². The molecule has 2 aromatic rings. The van der Waals surface area contributed by atoms with Crippen molar-refractivity contribution in [1.29, 1.82) is 0 Å². The first kappa shape index (κ1) is 14.8. The molecule has 0 saturated heterocycles. The second-order valence-electron chi connectivity index (χ2n) is 5.69. The lowest BCUT2D eigenvalue weighted by Crippen LogP contribution is -2.10. The minimum absolute atomic E-state index is 0.0675. The first-order chi connectivity index (χ1) is 9.27. The zero-order chi connectivity index (χ0) is 14.9. The Hall–Kier alpha value is -1.56. The highest BCUT2D eigenvalue weighted by Crippen LogP contribution is 2.30. The smallest absolute Gasteiger partial charge is 0.206 e. The molecule has 1 aromatic heterocycles. The lowest BCUT2D eigenvalue weighted by atomic mass is 9.98. The van der Waals surface area contributed by atoms with Gasteiger partial charge >= 0.3 is 0 Å². The predicted octanol–water partition coefficient (Wildman–Crippen LogP) is 4.29. The van der Waals surface area contributed by atoms with Crippen molar-refractivity contribution in [3.05, 3.63) is 40.4 Å². The highest BCUT2D eigenvalue weighted by molar-refractivity contribution is 7.15. The zero-order valence-corrected chi connectivity index (χ0v) is 12.7. The van der Waals surface area contributed by atoms with Crippen LogP contribution in [0.5, 0.6) is 0 Å². The van der Waals surface area contributed by atoms with Crippen molar-refractivity contribution in [3.8, 4) is 0 Å². The maximum atomic E-state index is 13.7. The number of nitrogens with one attached hydrogen (secondary N) is 1. The summed E-state index contributed by atoms with van der Waals surface area (Å²) in [7, 11) is 0. The number of benzene rings is 1. The van der Waals surface area contributed by atoms with Gasteiger partial charge in [0.1, 0.15) is 16.6 Å². The molecule has 6 heteroatoms. The van der Waals surface area contributed by atoms with Gasteiger partial charge in [-0.2, -0.15) is 0 Å². The molecule has 1 heterocycles. The topological polar surface area (TPSA) is 37.8 Å². The molecule has 108 valence electrons. The van der Waals surface area contributed by atoms with E-state index < -0.39 is 11.6 Å². The third kappa shape index (κ3) is 3.30. The fourth-order valence-electron chi connectivity index (χ4n) is 1.70. The van der Waals surface area contributed by atoms with E-state index in [2.05, 4.69) is 36.3 Å². The second-order valence-corrected chi connectivity index (χ2v) is 6.67. The van der Waals surface area contributed by atoms with Crippen LogP contribution in [-0.4, -0.2) is 10.2 Å². The van der Waals surface area contributed by atoms with Crippen LogP contribution in [-0.2, 0) is 5.41 Å². The maximum Gasteiger partial charge on any atom is 0.206 e. The van der Waals surface area contributed by atoms with E-state index in [-0.39, 0.29) is 11.5 Å². The summed E-state index contributed by atoms with van der Waals surface area (Å²) in [6.07, 6.45) is 0. The van der Waals surface area contributed by atoms with Gasteiger partial charge in [0.05, 0.1) is 6.04 Å². The van der Waals surface area contributed by atoms with E-state index in [4.69, 9.17) is 0 Å². The van der Waals surface area contributed by atoms with Crippen LogP contribution in [0, 0.1) is 11.6 Å². The molecule has 0 saturated carbocycles. The molecule has 0 bridgehead atoms. The molecule has 2 rings (SSSR count). The fraction of sp³-hybridized carbons (Fsp3) is 0.429. The third-order valence-corrected chi connectivity index (χ3v) is 4.12. The summed E-state index contributed by atoms with van der Waals surface area (Å²) in [5.74, 6) is -1.14. The largest absolute Gasteiger partial charge is 0.353 e. The van der Waals surface area contributed by atoms with Crippen molar-refractivity contribution in [3.63, 3.8) is 0 Å². The van der Waals surface area contributed by atoms with Gasteiger partial charge in [0.15, 0.2) is 0 Å². The van der Waals surface area contributed by atoms with E-state index in [0.717, 1.165) is 11.1 Å². The van der Waals surface area contributed by atoms with Crippen LogP contribution < -0.4 is 5.32 Å². The first-order valence-electron chi connectivity index (χ1n) is 6.33. The summed E-state index contributed by atoms with van der Waals surface area (Å²) in [5.41, 5.74) is 0.334. The van der Waals surface area contributed by atoms with Gasteiger partial charge in [-0.15, -0.1) is 10.2 Å². The van der Waals surface area contributed by atoms with Crippen LogP contribution >= 0.6 is 11.3 Å². The Kier molecular flexibility index (Phi) is 4.04. The molecule has 1 unspecified atom stereocenters. The maximum absolute atomic E-state index is 13.7. The Morgan fingerprint density at radius 1 is 1.20 bits per heavy atom. The summed E-state index contributed by atoms with van der Waals surface area (Å²) < 4.78 is 26.6. The van der Waals surface area contributed by atoms with Gasteiger partial charge in [-0.25, -0.2) is 8.78 Å². The number of hydrogen-bond donors (Lipinski definition) is 1. The number of rotatable bonds is 3. The third-order valence-electron chi connectivity index (χ3n) is 2.84. The number of halogens is 2. The molecule has 1 N–H and O–H groups in total. The molecule has 1 aromatic carbocycles. The minimum Gasteiger partial charge on any atom is -0.353 e. The molecule has 0 fully saturated rings. The predicted molar refractivity (Wildman–Crippen MR) is 77.0 cm³/mol. The van der Waals surface area contributed by atoms with Crippen molar-refractivity contribution in [2.45, 2.75) is 39.2 Å². The molecular formula is C14H17F2N3S. The Balaban J connectivity index is 2.15. The summed E-state index contributed by atoms with van der Waals surface area (Å²) in [4.78, 5) is 0. The summed E-state index contributed by atoms with van der Waals surface area (Å²) in [5, 5.41) is 12.8. The quantitative estimate of drug-likeness (QED) is 0.918. The highest BCUT2D eigenvalue weighted by atomic mass is 32.1. The molecule has 0 amide bonds. The Morgan fingerprint density at radius 3 is 2.45 bits per heavy atom. The monoisotopic (exact) mass is 297 g/mol. The summed E-state index contributed by atoms with van der Waals surface area (Å²) in [6.45, 7) is 7.97. The van der Waals surface area contributed by atoms with Gasteiger partial charge in [0, 0.05) is 17.0 Å². The lowest BCUT2D eigenvalue weighted by molar-refractivity contribution is 0.566. The summed E-state index contributed by atoms with van der Waals surface area (Å²) in [6, 6.07) is 3.26. The van der Waals surface area contributed by atoms with E-state index in [1.165, 1.54) is 23.5 Å². The van der Waals surface area contributed by atoms with Crippen LogP contribution in [0.2, 0.25) is 0 Å². The van der Waals surface area contributed by atoms with Crippen LogP contribution in [0.3, 0.4) is 0 Å².